The molecule has 0 radical (unpaired) electrons. The summed E-state index contributed by atoms with van der Waals surface area (Å²) < 4.78 is 52.3. The van der Waals surface area contributed by atoms with E-state index in [4.69, 9.17) is 9.84 Å². The van der Waals surface area contributed by atoms with Crippen LogP contribution in [-0.4, -0.2) is 47.4 Å². The van der Waals surface area contributed by atoms with Gasteiger partial charge in [-0.05, 0) is 11.8 Å². The molecule has 0 fully saturated rings. The van der Waals surface area contributed by atoms with Gasteiger partial charge in [-0.1, -0.05) is 0 Å². The Balaban J connectivity index is 3.72. The third-order valence-corrected chi connectivity index (χ3v) is 3.28. The van der Waals surface area contributed by atoms with Crippen LogP contribution in [0.3, 0.4) is 0 Å². The van der Waals surface area contributed by atoms with Gasteiger partial charge in [-0.3, -0.25) is 0 Å². The lowest BCUT2D eigenvalue weighted by Gasteiger charge is -2.15. The molecule has 0 rings (SSSR count). The molecule has 15 heavy (non-hydrogen) atoms. The van der Waals surface area contributed by atoms with Gasteiger partial charge in [0.25, 0.3) is 0 Å². The predicted molar refractivity (Wildman–Crippen MR) is 53.8 cm³/mol. The molecule has 0 spiro atoms. The van der Waals surface area contributed by atoms with Crippen molar-refractivity contribution in [1.82, 2.24) is 0 Å². The molecule has 1 unspecified atom stereocenters. The van der Waals surface area contributed by atoms with E-state index < -0.39 is 16.8 Å². The number of aliphatic hydroxyl groups is 1. The summed E-state index contributed by atoms with van der Waals surface area (Å²) in [5.74, 6) is -0.247. The van der Waals surface area contributed by atoms with E-state index >= 15 is 0 Å². The van der Waals surface area contributed by atoms with E-state index in [9.17, 15) is 17.6 Å². The Kier molecular flexibility index (Phi) is 8.68. The third-order valence-electron chi connectivity index (χ3n) is 1.27. The average molecular weight is 268 g/mol. The standard InChI is InChI=1S/C7H12F4O2S2/c8-5-14-6(3-13-2-1-12)4-15-7(9,10)11/h6,12H,1-5H2. The maximum absolute atomic E-state index is 11.9. The summed E-state index contributed by atoms with van der Waals surface area (Å²) in [6.45, 7) is -0.127. The Morgan fingerprint density at radius 2 is 2.00 bits per heavy atom. The molecule has 92 valence electrons. The highest BCUT2D eigenvalue weighted by atomic mass is 32.2. The molecule has 2 nitrogen and oxygen atoms in total. The van der Waals surface area contributed by atoms with Gasteiger partial charge in [-0.2, -0.15) is 13.2 Å². The maximum atomic E-state index is 11.9. The first kappa shape index (κ1) is 15.3. The Morgan fingerprint density at radius 3 is 2.47 bits per heavy atom. The van der Waals surface area contributed by atoms with Gasteiger partial charge in [0.2, 0.25) is 0 Å². The summed E-state index contributed by atoms with van der Waals surface area (Å²) in [5.41, 5.74) is -4.30. The highest BCUT2D eigenvalue weighted by Gasteiger charge is 2.29. The molecule has 0 aliphatic heterocycles. The summed E-state index contributed by atoms with van der Waals surface area (Å²) in [5, 5.41) is 7.83. The molecular formula is C7H12F4O2S2. The first-order valence-electron chi connectivity index (χ1n) is 4.06. The molecule has 8 heteroatoms. The lowest BCUT2D eigenvalue weighted by atomic mass is 10.5. The zero-order valence-corrected chi connectivity index (χ0v) is 9.43. The SMILES string of the molecule is OCCOCC(CSC(F)(F)F)SCF. The van der Waals surface area contributed by atoms with Crippen LogP contribution in [-0.2, 0) is 4.74 Å². The van der Waals surface area contributed by atoms with Crippen LogP contribution in [0.15, 0.2) is 0 Å². The van der Waals surface area contributed by atoms with E-state index in [2.05, 4.69) is 0 Å². The molecular weight excluding hydrogens is 256 g/mol. The van der Waals surface area contributed by atoms with Gasteiger partial charge in [-0.25, -0.2) is 4.39 Å². The van der Waals surface area contributed by atoms with E-state index in [1.54, 1.807) is 0 Å². The smallest absolute Gasteiger partial charge is 0.394 e. The topological polar surface area (TPSA) is 29.5 Å². The quantitative estimate of drug-likeness (QED) is 0.540. The maximum Gasteiger partial charge on any atom is 0.441 e. The van der Waals surface area contributed by atoms with Crippen molar-refractivity contribution < 1.29 is 27.4 Å². The molecule has 0 aliphatic carbocycles. The molecule has 0 saturated carbocycles. The van der Waals surface area contributed by atoms with E-state index in [0.717, 1.165) is 11.8 Å². The molecule has 0 aromatic carbocycles. The molecule has 0 saturated heterocycles. The molecule has 1 atom stereocenters. The number of aliphatic hydroxyl groups excluding tert-OH is 1. The number of hydrogen-bond donors (Lipinski definition) is 1. The van der Waals surface area contributed by atoms with Crippen LogP contribution in [0, 0.1) is 0 Å². The van der Waals surface area contributed by atoms with Crippen LogP contribution in [0.2, 0.25) is 0 Å². The monoisotopic (exact) mass is 268 g/mol. The predicted octanol–water partition coefficient (Wildman–Crippen LogP) is 2.28. The lowest BCUT2D eigenvalue weighted by Crippen LogP contribution is -2.19. The van der Waals surface area contributed by atoms with Gasteiger partial charge in [0.15, 0.2) is 0 Å². The van der Waals surface area contributed by atoms with Crippen molar-refractivity contribution in [3.8, 4) is 0 Å². The summed E-state index contributed by atoms with van der Waals surface area (Å²) in [6, 6.07) is -0.744. The Labute approximate surface area is 93.7 Å². The summed E-state index contributed by atoms with van der Waals surface area (Å²) in [6.07, 6.45) is 0. The molecule has 0 bridgehead atoms. The highest BCUT2D eigenvalue weighted by molar-refractivity contribution is 8.03. The normalized spacial score (nSPS) is 14.2. The van der Waals surface area contributed by atoms with E-state index in [1.807, 2.05) is 0 Å². The minimum absolute atomic E-state index is 0.0121. The zero-order valence-electron chi connectivity index (χ0n) is 7.80. The number of ether oxygens (including phenoxy) is 1. The average Bonchev–Trinajstić information content (AvgIpc) is 2.13. The molecule has 0 aromatic heterocycles. The second kappa shape index (κ2) is 8.49. The van der Waals surface area contributed by atoms with Gasteiger partial charge in [-0.15, -0.1) is 11.8 Å². The van der Waals surface area contributed by atoms with Gasteiger partial charge >= 0.3 is 5.51 Å². The van der Waals surface area contributed by atoms with Crippen molar-refractivity contribution in [3.05, 3.63) is 0 Å². The fourth-order valence-electron chi connectivity index (χ4n) is 0.700. The number of halogens is 4. The van der Waals surface area contributed by atoms with E-state index in [-0.39, 0.29) is 37.3 Å². The molecule has 1 N–H and O–H groups in total. The van der Waals surface area contributed by atoms with Crippen molar-refractivity contribution in [3.63, 3.8) is 0 Å². The van der Waals surface area contributed by atoms with Crippen LogP contribution < -0.4 is 0 Å². The first-order chi connectivity index (χ1) is 6.99. The largest absolute Gasteiger partial charge is 0.441 e. The van der Waals surface area contributed by atoms with Crippen LogP contribution in [0.25, 0.3) is 0 Å². The second-order valence-corrected chi connectivity index (χ2v) is 4.76. The van der Waals surface area contributed by atoms with Crippen LogP contribution in [0.5, 0.6) is 0 Å². The summed E-state index contributed by atoms with van der Waals surface area (Å²) in [4.78, 5) is 0. The van der Waals surface area contributed by atoms with Gasteiger partial charge in [0, 0.05) is 11.0 Å². The Bertz CT molecular complexity index is 156. The van der Waals surface area contributed by atoms with Crippen LogP contribution in [0.4, 0.5) is 17.6 Å². The first-order valence-corrected chi connectivity index (χ1v) is 6.10. The molecule has 0 heterocycles. The second-order valence-electron chi connectivity index (χ2n) is 2.45. The van der Waals surface area contributed by atoms with Gasteiger partial charge < -0.3 is 9.84 Å². The third kappa shape index (κ3) is 10.6. The lowest BCUT2D eigenvalue weighted by molar-refractivity contribution is -0.0328. The number of rotatable bonds is 8. The zero-order chi connectivity index (χ0) is 11.7. The summed E-state index contributed by atoms with van der Waals surface area (Å²) >= 11 is 0.583. The van der Waals surface area contributed by atoms with Crippen molar-refractivity contribution in [2.45, 2.75) is 10.8 Å². The summed E-state index contributed by atoms with van der Waals surface area (Å²) in [7, 11) is 0. The van der Waals surface area contributed by atoms with Crippen molar-refractivity contribution >= 4 is 23.5 Å². The van der Waals surface area contributed by atoms with Crippen LogP contribution >= 0.6 is 23.5 Å². The van der Waals surface area contributed by atoms with Crippen LogP contribution in [0.1, 0.15) is 0 Å². The number of alkyl halides is 4. The molecule has 0 amide bonds. The van der Waals surface area contributed by atoms with Crippen molar-refractivity contribution in [1.29, 1.82) is 0 Å². The fraction of sp³-hybridized carbons (Fsp3) is 1.00. The number of thioether (sulfide) groups is 2. The Morgan fingerprint density at radius 1 is 1.33 bits per heavy atom. The minimum atomic E-state index is -4.30. The van der Waals surface area contributed by atoms with Crippen molar-refractivity contribution in [2.24, 2.45) is 0 Å². The minimum Gasteiger partial charge on any atom is -0.394 e. The highest BCUT2D eigenvalue weighted by Crippen LogP contribution is 2.32. The molecule has 0 aromatic rings. The van der Waals surface area contributed by atoms with Gasteiger partial charge in [0.1, 0.15) is 6.01 Å². The van der Waals surface area contributed by atoms with Gasteiger partial charge in [0.05, 0.1) is 19.8 Å². The Hall–Kier alpha value is 0.340. The van der Waals surface area contributed by atoms with E-state index in [0.29, 0.717) is 0 Å². The van der Waals surface area contributed by atoms with Crippen molar-refractivity contribution in [2.75, 3.05) is 31.6 Å². The molecule has 0 aliphatic rings. The fourth-order valence-corrected chi connectivity index (χ4v) is 2.13. The number of hydrogen-bond acceptors (Lipinski definition) is 4. The van der Waals surface area contributed by atoms with E-state index in [1.165, 1.54) is 0 Å².